The highest BCUT2D eigenvalue weighted by molar-refractivity contribution is 5.94. The molecule has 0 heterocycles. The fourth-order valence-electron chi connectivity index (χ4n) is 1.85. The van der Waals surface area contributed by atoms with Crippen molar-refractivity contribution in [2.75, 3.05) is 34.9 Å². The first kappa shape index (κ1) is 16.8. The molecule has 6 nitrogen and oxygen atoms in total. The fourth-order valence-corrected chi connectivity index (χ4v) is 1.85. The number of nitrogens with zero attached hydrogens (tertiary/aromatic N) is 1. The lowest BCUT2D eigenvalue weighted by molar-refractivity contribution is -0.140. The Bertz CT molecular complexity index is 501. The lowest BCUT2D eigenvalue weighted by Crippen LogP contribution is -2.28. The number of hydrogen-bond donors (Lipinski definition) is 0. The van der Waals surface area contributed by atoms with Gasteiger partial charge < -0.3 is 19.1 Å². The first-order valence-corrected chi connectivity index (χ1v) is 6.57. The molecule has 0 radical (unpaired) electrons. The minimum atomic E-state index is -0.276. The van der Waals surface area contributed by atoms with Gasteiger partial charge in [-0.05, 0) is 24.6 Å². The van der Waals surface area contributed by atoms with Crippen LogP contribution in [0.1, 0.15) is 23.2 Å². The van der Waals surface area contributed by atoms with Gasteiger partial charge in [-0.25, -0.2) is 0 Å². The molecule has 0 spiro atoms. The van der Waals surface area contributed by atoms with Crippen molar-refractivity contribution in [2.24, 2.45) is 0 Å². The van der Waals surface area contributed by atoms with Crippen LogP contribution in [0.2, 0.25) is 0 Å². The summed E-state index contributed by atoms with van der Waals surface area (Å²) in [6, 6.07) is 5.01. The zero-order chi connectivity index (χ0) is 15.8. The van der Waals surface area contributed by atoms with Crippen molar-refractivity contribution < 1.29 is 23.8 Å². The number of hydrogen-bond acceptors (Lipinski definition) is 5. The quantitative estimate of drug-likeness (QED) is 0.717. The first-order chi connectivity index (χ1) is 10.0. The van der Waals surface area contributed by atoms with E-state index < -0.39 is 0 Å². The number of carbonyl (C=O) groups excluding carboxylic acids is 2. The summed E-state index contributed by atoms with van der Waals surface area (Å²) in [7, 11) is 6.10. The van der Waals surface area contributed by atoms with E-state index in [0.29, 0.717) is 36.4 Å². The third-order valence-electron chi connectivity index (χ3n) is 3.08. The van der Waals surface area contributed by atoms with Crippen LogP contribution < -0.4 is 9.47 Å². The molecule has 0 saturated carbocycles. The van der Waals surface area contributed by atoms with E-state index in [1.807, 2.05) is 0 Å². The summed E-state index contributed by atoms with van der Waals surface area (Å²) in [6.07, 6.45) is 0.849. The summed E-state index contributed by atoms with van der Waals surface area (Å²) in [6.45, 7) is 0.474. The molecule has 1 amide bonds. The first-order valence-electron chi connectivity index (χ1n) is 6.57. The van der Waals surface area contributed by atoms with Crippen LogP contribution in [0.5, 0.6) is 11.5 Å². The third-order valence-corrected chi connectivity index (χ3v) is 3.08. The Morgan fingerprint density at radius 3 is 2.33 bits per heavy atom. The molecule has 0 aliphatic rings. The molecule has 0 N–H and O–H groups in total. The molecule has 0 aliphatic heterocycles. The van der Waals surface area contributed by atoms with Gasteiger partial charge in [0.1, 0.15) is 0 Å². The number of benzene rings is 1. The summed E-state index contributed by atoms with van der Waals surface area (Å²) in [5.41, 5.74) is 0.508. The molecule has 0 saturated heterocycles. The maximum Gasteiger partial charge on any atom is 0.305 e. The standard InChI is InChI=1S/C15H21NO5/c1-16(9-5-6-14(17)21-4)15(18)11-7-8-12(19-2)13(10-11)20-3/h7-8,10H,5-6,9H2,1-4H3. The number of amides is 1. The molecule has 1 aromatic carbocycles. The second-order valence-electron chi connectivity index (χ2n) is 4.48. The van der Waals surface area contributed by atoms with Gasteiger partial charge in [0.15, 0.2) is 11.5 Å². The van der Waals surface area contributed by atoms with Crippen molar-refractivity contribution in [3.05, 3.63) is 23.8 Å². The second-order valence-corrected chi connectivity index (χ2v) is 4.48. The molecule has 1 aromatic rings. The minimum Gasteiger partial charge on any atom is -0.493 e. The average Bonchev–Trinajstić information content (AvgIpc) is 2.52. The molecule has 0 aromatic heterocycles. The predicted octanol–water partition coefficient (Wildman–Crippen LogP) is 1.73. The van der Waals surface area contributed by atoms with Gasteiger partial charge in [0, 0.05) is 25.6 Å². The van der Waals surface area contributed by atoms with Crippen LogP contribution >= 0.6 is 0 Å². The van der Waals surface area contributed by atoms with E-state index in [0.717, 1.165) is 0 Å². The fraction of sp³-hybridized carbons (Fsp3) is 0.467. The number of ether oxygens (including phenoxy) is 3. The van der Waals surface area contributed by atoms with E-state index in [1.54, 1.807) is 30.1 Å². The maximum atomic E-state index is 12.3. The molecule has 6 heteroatoms. The highest BCUT2D eigenvalue weighted by atomic mass is 16.5. The van der Waals surface area contributed by atoms with Crippen molar-refractivity contribution in [3.8, 4) is 11.5 Å². The molecular formula is C15H21NO5. The molecule has 1 rings (SSSR count). The molecule has 116 valence electrons. The van der Waals surface area contributed by atoms with Gasteiger partial charge in [-0.1, -0.05) is 0 Å². The van der Waals surface area contributed by atoms with Crippen LogP contribution in [0, 0.1) is 0 Å². The highest BCUT2D eigenvalue weighted by Gasteiger charge is 2.15. The van der Waals surface area contributed by atoms with Crippen molar-refractivity contribution in [2.45, 2.75) is 12.8 Å². The zero-order valence-corrected chi connectivity index (χ0v) is 12.8. The number of esters is 1. The number of methoxy groups -OCH3 is 3. The van der Waals surface area contributed by atoms with Crippen LogP contribution in [0.4, 0.5) is 0 Å². The number of rotatable bonds is 7. The van der Waals surface area contributed by atoms with Crippen molar-refractivity contribution in [3.63, 3.8) is 0 Å². The maximum absolute atomic E-state index is 12.3. The predicted molar refractivity (Wildman–Crippen MR) is 77.8 cm³/mol. The Morgan fingerprint density at radius 2 is 1.76 bits per heavy atom. The Labute approximate surface area is 124 Å². The normalized spacial score (nSPS) is 9.90. The minimum absolute atomic E-state index is 0.138. The van der Waals surface area contributed by atoms with E-state index in [4.69, 9.17) is 9.47 Å². The summed E-state index contributed by atoms with van der Waals surface area (Å²) < 4.78 is 14.9. The monoisotopic (exact) mass is 295 g/mol. The highest BCUT2D eigenvalue weighted by Crippen LogP contribution is 2.27. The van der Waals surface area contributed by atoms with Crippen LogP contribution in [0.25, 0.3) is 0 Å². The van der Waals surface area contributed by atoms with Gasteiger partial charge in [0.25, 0.3) is 5.91 Å². The lowest BCUT2D eigenvalue weighted by Gasteiger charge is -2.17. The molecular weight excluding hydrogens is 274 g/mol. The second kappa shape index (κ2) is 8.14. The molecule has 0 unspecified atom stereocenters. The van der Waals surface area contributed by atoms with Gasteiger partial charge in [-0.3, -0.25) is 9.59 Å². The van der Waals surface area contributed by atoms with Gasteiger partial charge >= 0.3 is 5.97 Å². The van der Waals surface area contributed by atoms with Crippen LogP contribution in [0.3, 0.4) is 0 Å². The Morgan fingerprint density at radius 1 is 1.10 bits per heavy atom. The smallest absolute Gasteiger partial charge is 0.305 e. The van der Waals surface area contributed by atoms with E-state index in [2.05, 4.69) is 4.74 Å². The molecule has 0 fully saturated rings. The van der Waals surface area contributed by atoms with Gasteiger partial charge in [-0.2, -0.15) is 0 Å². The summed E-state index contributed by atoms with van der Waals surface area (Å²) in [4.78, 5) is 24.9. The molecule has 21 heavy (non-hydrogen) atoms. The zero-order valence-electron chi connectivity index (χ0n) is 12.8. The van der Waals surface area contributed by atoms with Crippen LogP contribution in [-0.4, -0.2) is 51.7 Å². The van der Waals surface area contributed by atoms with Crippen molar-refractivity contribution in [1.82, 2.24) is 4.90 Å². The van der Waals surface area contributed by atoms with Gasteiger partial charge in [0.2, 0.25) is 0 Å². The van der Waals surface area contributed by atoms with Gasteiger partial charge in [-0.15, -0.1) is 0 Å². The van der Waals surface area contributed by atoms with E-state index in [1.165, 1.54) is 21.3 Å². The Balaban J connectivity index is 2.67. The lowest BCUT2D eigenvalue weighted by atomic mass is 10.1. The van der Waals surface area contributed by atoms with E-state index in [9.17, 15) is 9.59 Å². The Hall–Kier alpha value is -2.24. The van der Waals surface area contributed by atoms with Crippen molar-refractivity contribution in [1.29, 1.82) is 0 Å². The molecule has 0 aliphatic carbocycles. The summed E-state index contributed by atoms with van der Waals surface area (Å²) in [5.74, 6) is 0.663. The molecule has 0 atom stereocenters. The Kier molecular flexibility index (Phi) is 6.52. The third kappa shape index (κ3) is 4.66. The topological polar surface area (TPSA) is 65.1 Å². The van der Waals surface area contributed by atoms with E-state index >= 15 is 0 Å². The molecule has 0 bridgehead atoms. The number of carbonyl (C=O) groups is 2. The van der Waals surface area contributed by atoms with E-state index in [-0.39, 0.29) is 11.9 Å². The SMILES string of the molecule is COC(=O)CCCN(C)C(=O)c1ccc(OC)c(OC)c1. The summed E-state index contributed by atoms with van der Waals surface area (Å²) in [5, 5.41) is 0. The summed E-state index contributed by atoms with van der Waals surface area (Å²) >= 11 is 0. The van der Waals surface area contributed by atoms with Crippen LogP contribution in [-0.2, 0) is 9.53 Å². The van der Waals surface area contributed by atoms with Crippen molar-refractivity contribution >= 4 is 11.9 Å². The van der Waals surface area contributed by atoms with Gasteiger partial charge in [0.05, 0.1) is 21.3 Å². The average molecular weight is 295 g/mol. The largest absolute Gasteiger partial charge is 0.493 e. The van der Waals surface area contributed by atoms with Crippen LogP contribution in [0.15, 0.2) is 18.2 Å².